The van der Waals surface area contributed by atoms with Crippen LogP contribution >= 0.6 is 0 Å². The van der Waals surface area contributed by atoms with Crippen molar-refractivity contribution in [3.8, 4) is 5.69 Å². The van der Waals surface area contributed by atoms with Gasteiger partial charge >= 0.3 is 0 Å². The minimum absolute atomic E-state index is 0.0360. The van der Waals surface area contributed by atoms with Gasteiger partial charge in [-0.3, -0.25) is 13.9 Å². The van der Waals surface area contributed by atoms with Crippen LogP contribution in [-0.4, -0.2) is 24.1 Å². The van der Waals surface area contributed by atoms with E-state index in [1.54, 1.807) is 4.57 Å². The van der Waals surface area contributed by atoms with Crippen LogP contribution in [0.1, 0.15) is 49.6 Å². The molecule has 0 saturated carbocycles. The number of unbranched alkanes of at least 4 members (excludes halogenated alkanes) is 3. The van der Waals surface area contributed by atoms with Crippen LogP contribution in [-0.2, 0) is 6.54 Å². The number of aromatic nitrogens is 5. The highest BCUT2D eigenvalue weighted by atomic mass is 16.1. The first-order chi connectivity index (χ1) is 16.0. The second kappa shape index (κ2) is 8.43. The number of para-hydroxylation sites is 2. The van der Waals surface area contributed by atoms with Gasteiger partial charge in [0, 0.05) is 12.2 Å². The molecule has 6 heteroatoms. The molecule has 6 nitrogen and oxygen atoms in total. The molecule has 168 valence electrons. The first-order valence-corrected chi connectivity index (χ1v) is 11.8. The Hall–Kier alpha value is -3.54. The molecule has 0 aliphatic carbocycles. The normalized spacial score (nSPS) is 11.8. The Morgan fingerprint density at radius 2 is 1.58 bits per heavy atom. The molecule has 5 rings (SSSR count). The molecule has 0 amide bonds. The van der Waals surface area contributed by atoms with Crippen LogP contribution in [0, 0.1) is 20.8 Å². The predicted molar refractivity (Wildman–Crippen MR) is 134 cm³/mol. The zero-order valence-corrected chi connectivity index (χ0v) is 19.7. The maximum Gasteiger partial charge on any atom is 0.265 e. The summed E-state index contributed by atoms with van der Waals surface area (Å²) in [5.41, 5.74) is 6.78. The fourth-order valence-electron chi connectivity index (χ4n) is 4.50. The Balaban J connectivity index is 1.84. The number of fused-ring (bicyclic) bond motifs is 4. The lowest BCUT2D eigenvalue weighted by atomic mass is 10.1. The Bertz CT molecular complexity index is 1560. The monoisotopic (exact) mass is 439 g/mol. The van der Waals surface area contributed by atoms with E-state index in [0.29, 0.717) is 28.7 Å². The molecule has 0 N–H and O–H groups in total. The van der Waals surface area contributed by atoms with Gasteiger partial charge in [0.15, 0.2) is 11.3 Å². The van der Waals surface area contributed by atoms with E-state index < -0.39 is 0 Å². The molecule has 0 atom stereocenters. The van der Waals surface area contributed by atoms with Crippen LogP contribution in [0.25, 0.3) is 38.9 Å². The molecule has 3 heterocycles. The van der Waals surface area contributed by atoms with E-state index in [9.17, 15) is 4.79 Å². The summed E-state index contributed by atoms with van der Waals surface area (Å²) < 4.78 is 3.80. The van der Waals surface area contributed by atoms with Gasteiger partial charge < -0.3 is 0 Å². The van der Waals surface area contributed by atoms with Crippen molar-refractivity contribution in [1.29, 1.82) is 0 Å². The number of benzene rings is 2. The summed E-state index contributed by atoms with van der Waals surface area (Å²) in [4.78, 5) is 28.5. The summed E-state index contributed by atoms with van der Waals surface area (Å²) in [5, 5.41) is 0.544. The zero-order chi connectivity index (χ0) is 23.1. The number of rotatable bonds is 6. The minimum Gasteiger partial charge on any atom is -0.296 e. The first-order valence-electron chi connectivity index (χ1n) is 11.8. The van der Waals surface area contributed by atoms with E-state index in [4.69, 9.17) is 15.0 Å². The molecule has 3 aromatic heterocycles. The van der Waals surface area contributed by atoms with Crippen LogP contribution in [0.2, 0.25) is 0 Å². The second-order valence-electron chi connectivity index (χ2n) is 8.86. The van der Waals surface area contributed by atoms with Crippen molar-refractivity contribution in [2.75, 3.05) is 0 Å². The molecule has 0 saturated heterocycles. The van der Waals surface area contributed by atoms with Gasteiger partial charge in [0.1, 0.15) is 16.7 Å². The highest BCUT2D eigenvalue weighted by Gasteiger charge is 2.22. The van der Waals surface area contributed by atoms with E-state index in [-0.39, 0.29) is 5.56 Å². The summed E-state index contributed by atoms with van der Waals surface area (Å²) >= 11 is 0. The fourth-order valence-corrected chi connectivity index (χ4v) is 4.50. The fraction of sp³-hybridized carbons (Fsp3) is 0.333. The van der Waals surface area contributed by atoms with Gasteiger partial charge in [0.05, 0.1) is 11.0 Å². The Morgan fingerprint density at radius 1 is 0.818 bits per heavy atom. The topological polar surface area (TPSA) is 65.6 Å². The van der Waals surface area contributed by atoms with Gasteiger partial charge in [-0.1, -0.05) is 44.4 Å². The molecule has 5 aromatic rings. The third-order valence-electron chi connectivity index (χ3n) is 6.54. The van der Waals surface area contributed by atoms with Crippen LogP contribution in [0.5, 0.6) is 0 Å². The molecule has 0 fully saturated rings. The van der Waals surface area contributed by atoms with E-state index in [1.165, 1.54) is 17.5 Å². The molecule has 0 aliphatic heterocycles. The first kappa shape index (κ1) is 21.3. The quantitative estimate of drug-likeness (QED) is 0.314. The Labute approximate surface area is 192 Å². The van der Waals surface area contributed by atoms with Crippen molar-refractivity contribution in [3.05, 3.63) is 69.8 Å². The minimum atomic E-state index is -0.0360. The molecule has 0 radical (unpaired) electrons. The molecule has 33 heavy (non-hydrogen) atoms. The second-order valence-corrected chi connectivity index (χ2v) is 8.86. The number of hydrogen-bond acceptors (Lipinski definition) is 4. The van der Waals surface area contributed by atoms with Crippen molar-refractivity contribution >= 4 is 33.2 Å². The lowest BCUT2D eigenvalue weighted by molar-refractivity contribution is 0.556. The van der Waals surface area contributed by atoms with Crippen LogP contribution < -0.4 is 5.56 Å². The summed E-state index contributed by atoms with van der Waals surface area (Å²) in [6.45, 7) is 8.97. The van der Waals surface area contributed by atoms with E-state index in [2.05, 4.69) is 39.0 Å². The average Bonchev–Trinajstić information content (AvgIpc) is 3.11. The zero-order valence-electron chi connectivity index (χ0n) is 19.7. The largest absolute Gasteiger partial charge is 0.296 e. The van der Waals surface area contributed by atoms with Crippen molar-refractivity contribution in [1.82, 2.24) is 24.1 Å². The summed E-state index contributed by atoms with van der Waals surface area (Å²) in [7, 11) is 0. The maximum atomic E-state index is 13.8. The third-order valence-corrected chi connectivity index (χ3v) is 6.54. The van der Waals surface area contributed by atoms with Gasteiger partial charge in [-0.15, -0.1) is 0 Å². The highest BCUT2D eigenvalue weighted by molar-refractivity contribution is 6.05. The highest BCUT2D eigenvalue weighted by Crippen LogP contribution is 2.29. The van der Waals surface area contributed by atoms with Gasteiger partial charge in [-0.25, -0.2) is 15.0 Å². The summed E-state index contributed by atoms with van der Waals surface area (Å²) in [5.74, 6) is 0.724. The maximum absolute atomic E-state index is 13.8. The lowest BCUT2D eigenvalue weighted by Crippen LogP contribution is -2.24. The molecule has 0 unspecified atom stereocenters. The van der Waals surface area contributed by atoms with Gasteiger partial charge in [-0.2, -0.15) is 0 Å². The number of aryl methyl sites for hydroxylation is 3. The van der Waals surface area contributed by atoms with Crippen molar-refractivity contribution < 1.29 is 0 Å². The van der Waals surface area contributed by atoms with E-state index in [1.807, 2.05) is 35.8 Å². The lowest BCUT2D eigenvalue weighted by Gasteiger charge is -2.12. The molecule has 0 aliphatic rings. The van der Waals surface area contributed by atoms with Crippen LogP contribution in [0.3, 0.4) is 0 Å². The molecular formula is C27H29N5O. The predicted octanol–water partition coefficient (Wildman–Crippen LogP) is 5.79. The van der Waals surface area contributed by atoms with Crippen molar-refractivity contribution in [2.45, 2.75) is 59.9 Å². The Morgan fingerprint density at radius 3 is 2.30 bits per heavy atom. The van der Waals surface area contributed by atoms with E-state index >= 15 is 0 Å². The summed E-state index contributed by atoms with van der Waals surface area (Å²) in [6, 6.07) is 14.1. The SMILES string of the molecule is CCCCCCn1c(C)nc2c(c1=O)c1nc3ccccc3nc1n2-c1ccc(C)c(C)c1. The number of nitrogens with zero attached hydrogens (tertiary/aromatic N) is 5. The van der Waals surface area contributed by atoms with Gasteiger partial charge in [-0.05, 0) is 62.6 Å². The van der Waals surface area contributed by atoms with Gasteiger partial charge in [0.25, 0.3) is 5.56 Å². The summed E-state index contributed by atoms with van der Waals surface area (Å²) in [6.07, 6.45) is 4.41. The average molecular weight is 440 g/mol. The van der Waals surface area contributed by atoms with E-state index in [0.717, 1.165) is 41.8 Å². The Kier molecular flexibility index (Phi) is 5.44. The smallest absolute Gasteiger partial charge is 0.265 e. The van der Waals surface area contributed by atoms with Crippen LogP contribution in [0.15, 0.2) is 47.3 Å². The standard InChI is InChI=1S/C27H29N5O/c1-5-6-7-10-15-31-19(4)28-25-23(27(31)33)24-26(30-22-12-9-8-11-21(22)29-24)32(25)20-14-13-17(2)18(3)16-20/h8-9,11-14,16H,5-7,10,15H2,1-4H3. The van der Waals surface area contributed by atoms with Crippen molar-refractivity contribution in [2.24, 2.45) is 0 Å². The number of hydrogen-bond donors (Lipinski definition) is 0. The van der Waals surface area contributed by atoms with Crippen LogP contribution in [0.4, 0.5) is 0 Å². The molecular weight excluding hydrogens is 410 g/mol. The third kappa shape index (κ3) is 3.59. The molecule has 2 aromatic carbocycles. The molecule has 0 bridgehead atoms. The van der Waals surface area contributed by atoms with Gasteiger partial charge in [0.2, 0.25) is 0 Å². The molecule has 0 spiro atoms. The van der Waals surface area contributed by atoms with Crippen molar-refractivity contribution in [3.63, 3.8) is 0 Å².